The van der Waals surface area contributed by atoms with Crippen LogP contribution in [-0.4, -0.2) is 45.5 Å². The van der Waals surface area contributed by atoms with Crippen LogP contribution in [0.15, 0.2) is 65.6 Å². The number of rotatable bonds is 7. The van der Waals surface area contributed by atoms with Gasteiger partial charge in [-0.15, -0.1) is 0 Å². The van der Waals surface area contributed by atoms with Gasteiger partial charge in [0.15, 0.2) is 0 Å². The lowest BCUT2D eigenvalue weighted by atomic mass is 9.98. The number of aliphatic hydroxyl groups is 2. The van der Waals surface area contributed by atoms with Crippen LogP contribution in [0.1, 0.15) is 28.7 Å². The van der Waals surface area contributed by atoms with Crippen molar-refractivity contribution in [2.75, 3.05) is 13.2 Å². The van der Waals surface area contributed by atoms with Crippen molar-refractivity contribution >= 4 is 11.8 Å². The zero-order chi connectivity index (χ0) is 23.5. The Kier molecular flexibility index (Phi) is 6.20. The fourth-order valence-electron chi connectivity index (χ4n) is 3.97. The van der Waals surface area contributed by atoms with E-state index in [0.717, 1.165) is 34.5 Å². The van der Waals surface area contributed by atoms with Gasteiger partial charge in [0.2, 0.25) is 0 Å². The van der Waals surface area contributed by atoms with E-state index in [2.05, 4.69) is 10.3 Å². The summed E-state index contributed by atoms with van der Waals surface area (Å²) in [4.78, 5) is 35.8. The monoisotopic (exact) mass is 451 g/mol. The van der Waals surface area contributed by atoms with Crippen molar-refractivity contribution in [1.29, 1.82) is 0 Å². The number of benzene rings is 2. The lowest BCUT2D eigenvalue weighted by molar-refractivity contribution is -0.386. The number of alkyl carbamates (subject to hydrolysis) is 1. The van der Waals surface area contributed by atoms with Crippen molar-refractivity contribution in [1.82, 2.24) is 10.3 Å². The van der Waals surface area contributed by atoms with Crippen LogP contribution in [0, 0.1) is 10.1 Å². The Morgan fingerprint density at radius 1 is 1.12 bits per heavy atom. The molecule has 0 saturated carbocycles. The first-order valence-corrected chi connectivity index (χ1v) is 10.2. The molecule has 33 heavy (non-hydrogen) atoms. The van der Waals surface area contributed by atoms with Crippen molar-refractivity contribution in [3.05, 3.63) is 98.0 Å². The third-order valence-electron chi connectivity index (χ3n) is 5.61. The Morgan fingerprint density at radius 3 is 2.33 bits per heavy atom. The fourth-order valence-corrected chi connectivity index (χ4v) is 3.97. The number of H-pyrrole nitrogens is 1. The molecule has 0 aliphatic heterocycles. The van der Waals surface area contributed by atoms with Crippen LogP contribution in [0.25, 0.3) is 11.1 Å². The number of nitrogens with one attached hydrogen (secondary N) is 2. The lowest BCUT2D eigenvalue weighted by Crippen LogP contribution is -2.36. The second-order valence-electron chi connectivity index (χ2n) is 7.62. The number of nitro groups is 1. The molecule has 0 spiro atoms. The molecule has 1 aliphatic carbocycles. The van der Waals surface area contributed by atoms with Gasteiger partial charge in [-0.1, -0.05) is 48.5 Å². The molecule has 2 aromatic carbocycles. The predicted octanol–water partition coefficient (Wildman–Crippen LogP) is 2.22. The van der Waals surface area contributed by atoms with Crippen LogP contribution in [-0.2, 0) is 4.74 Å². The molecule has 1 amide bonds. The zero-order valence-electron chi connectivity index (χ0n) is 17.3. The topological polar surface area (TPSA) is 155 Å². The highest BCUT2D eigenvalue weighted by Gasteiger charge is 2.29. The van der Waals surface area contributed by atoms with Crippen LogP contribution >= 0.6 is 0 Å². The number of ether oxygens (including phenoxy) is 1. The van der Waals surface area contributed by atoms with Crippen LogP contribution < -0.4 is 10.9 Å². The molecule has 1 aliphatic rings. The number of nitrogens with zero attached hydrogens (tertiary/aromatic N) is 1. The van der Waals surface area contributed by atoms with Crippen molar-refractivity contribution in [2.45, 2.75) is 18.1 Å². The molecule has 0 bridgehead atoms. The summed E-state index contributed by atoms with van der Waals surface area (Å²) in [7, 11) is 0. The van der Waals surface area contributed by atoms with Gasteiger partial charge in [0, 0.05) is 30.3 Å². The molecule has 2 unspecified atom stereocenters. The summed E-state index contributed by atoms with van der Waals surface area (Å²) >= 11 is 0. The maximum Gasteiger partial charge on any atom is 0.407 e. The third-order valence-corrected chi connectivity index (χ3v) is 5.61. The number of carbonyl (C=O) groups excluding carboxylic acids is 1. The van der Waals surface area contributed by atoms with E-state index in [1.165, 1.54) is 0 Å². The second-order valence-corrected chi connectivity index (χ2v) is 7.62. The van der Waals surface area contributed by atoms with Crippen LogP contribution in [0.3, 0.4) is 0 Å². The van der Waals surface area contributed by atoms with Crippen molar-refractivity contribution in [2.24, 2.45) is 0 Å². The summed E-state index contributed by atoms with van der Waals surface area (Å²) in [5, 5.41) is 33.7. The van der Waals surface area contributed by atoms with E-state index in [4.69, 9.17) is 4.74 Å². The SMILES string of the molecule is O=C(NCC(O)C(O)c1c[nH]c(=O)c([N+](=O)[O-])c1)OCC1c2ccccc2-c2ccccc21. The molecule has 4 N–H and O–H groups in total. The molecule has 1 aromatic heterocycles. The van der Waals surface area contributed by atoms with Gasteiger partial charge in [0.05, 0.1) is 4.92 Å². The number of fused-ring (bicyclic) bond motifs is 3. The molecule has 0 saturated heterocycles. The van der Waals surface area contributed by atoms with E-state index in [0.29, 0.717) is 0 Å². The quantitative estimate of drug-likeness (QED) is 0.317. The summed E-state index contributed by atoms with van der Waals surface area (Å²) < 4.78 is 5.36. The maximum atomic E-state index is 12.2. The van der Waals surface area contributed by atoms with E-state index < -0.39 is 34.5 Å². The van der Waals surface area contributed by atoms with Crippen molar-refractivity contribution in [3.63, 3.8) is 0 Å². The van der Waals surface area contributed by atoms with Crippen LogP contribution in [0.4, 0.5) is 10.5 Å². The highest BCUT2D eigenvalue weighted by atomic mass is 16.6. The molecule has 3 aromatic rings. The van der Waals surface area contributed by atoms with E-state index in [1.807, 2.05) is 48.5 Å². The van der Waals surface area contributed by atoms with E-state index >= 15 is 0 Å². The number of aromatic nitrogens is 1. The van der Waals surface area contributed by atoms with Crippen molar-refractivity contribution < 1.29 is 24.7 Å². The lowest BCUT2D eigenvalue weighted by Gasteiger charge is -2.19. The number of carbonyl (C=O) groups is 1. The Bertz CT molecular complexity index is 1210. The Balaban J connectivity index is 1.35. The number of hydrogen-bond acceptors (Lipinski definition) is 7. The number of pyridine rings is 1. The van der Waals surface area contributed by atoms with Gasteiger partial charge < -0.3 is 25.3 Å². The van der Waals surface area contributed by atoms with Crippen LogP contribution in [0.2, 0.25) is 0 Å². The highest BCUT2D eigenvalue weighted by Crippen LogP contribution is 2.44. The molecule has 2 atom stereocenters. The summed E-state index contributed by atoms with van der Waals surface area (Å²) in [6.45, 7) is -0.282. The van der Waals surface area contributed by atoms with Gasteiger partial charge >= 0.3 is 17.3 Å². The first-order valence-electron chi connectivity index (χ1n) is 10.2. The first-order chi connectivity index (χ1) is 15.9. The average Bonchev–Trinajstić information content (AvgIpc) is 3.14. The van der Waals surface area contributed by atoms with Gasteiger partial charge in [0.1, 0.15) is 18.8 Å². The number of hydrogen-bond donors (Lipinski definition) is 4. The van der Waals surface area contributed by atoms with Gasteiger partial charge in [-0.2, -0.15) is 0 Å². The molecule has 0 radical (unpaired) electrons. The normalized spacial score (nSPS) is 14.1. The molecule has 170 valence electrons. The summed E-state index contributed by atoms with van der Waals surface area (Å²) in [5.41, 5.74) is 2.54. The number of amides is 1. The molecular formula is C23H21N3O7. The minimum Gasteiger partial charge on any atom is -0.449 e. The second kappa shape index (κ2) is 9.23. The average molecular weight is 451 g/mol. The number of aliphatic hydroxyl groups excluding tert-OH is 2. The Labute approximate surface area is 187 Å². The minimum atomic E-state index is -1.57. The molecule has 10 heteroatoms. The van der Waals surface area contributed by atoms with E-state index in [9.17, 15) is 29.9 Å². The molecule has 10 nitrogen and oxygen atoms in total. The molecule has 0 fully saturated rings. The molecule has 4 rings (SSSR count). The van der Waals surface area contributed by atoms with Crippen molar-refractivity contribution in [3.8, 4) is 11.1 Å². The third kappa shape index (κ3) is 4.47. The van der Waals surface area contributed by atoms with Gasteiger partial charge in [0.25, 0.3) is 0 Å². The summed E-state index contributed by atoms with van der Waals surface area (Å²) in [6, 6.07) is 16.7. The standard InChI is InChI=1S/C23H21N3O7/c27-20(21(28)13-9-19(26(31)32)22(29)24-10-13)11-25-23(30)33-12-18-16-7-3-1-5-14(16)15-6-2-4-8-17(15)18/h1-10,18,20-21,27-28H,11-12H2,(H,24,29)(H,25,30). The molecular weight excluding hydrogens is 430 g/mol. The largest absolute Gasteiger partial charge is 0.449 e. The van der Waals surface area contributed by atoms with Crippen LogP contribution in [0.5, 0.6) is 0 Å². The predicted molar refractivity (Wildman–Crippen MR) is 118 cm³/mol. The van der Waals surface area contributed by atoms with E-state index in [-0.39, 0.29) is 24.6 Å². The van der Waals surface area contributed by atoms with Gasteiger partial charge in [-0.3, -0.25) is 14.9 Å². The maximum absolute atomic E-state index is 12.2. The van der Waals surface area contributed by atoms with Gasteiger partial charge in [-0.05, 0) is 22.3 Å². The molecule has 1 heterocycles. The minimum absolute atomic E-state index is 0.0665. The fraction of sp³-hybridized carbons (Fsp3) is 0.217. The highest BCUT2D eigenvalue weighted by molar-refractivity contribution is 5.79. The zero-order valence-corrected chi connectivity index (χ0v) is 17.3. The Morgan fingerprint density at radius 2 is 1.73 bits per heavy atom. The smallest absolute Gasteiger partial charge is 0.407 e. The summed E-state index contributed by atoms with van der Waals surface area (Å²) in [6.07, 6.45) is -2.78. The Hall–Kier alpha value is -4.02. The van der Waals surface area contributed by atoms with Gasteiger partial charge in [-0.25, -0.2) is 4.79 Å². The summed E-state index contributed by atoms with van der Waals surface area (Å²) in [5.74, 6) is -0.125. The van der Waals surface area contributed by atoms with E-state index in [1.54, 1.807) is 0 Å². The first kappa shape index (κ1) is 22.2. The number of aromatic amines is 1.